The molecule has 0 spiro atoms. The van der Waals surface area contributed by atoms with Crippen molar-refractivity contribution in [3.63, 3.8) is 0 Å². The highest BCUT2D eigenvalue weighted by Gasteiger charge is 2.36. The molecule has 1 heterocycles. The van der Waals surface area contributed by atoms with Gasteiger partial charge in [-0.1, -0.05) is 0 Å². The summed E-state index contributed by atoms with van der Waals surface area (Å²) in [4.78, 5) is 23.5. The van der Waals surface area contributed by atoms with Gasteiger partial charge in [0.15, 0.2) is 0 Å². The second-order valence-electron chi connectivity index (χ2n) is 4.07. The first-order chi connectivity index (χ1) is 9.92. The van der Waals surface area contributed by atoms with Gasteiger partial charge in [-0.25, -0.2) is 9.59 Å². The van der Waals surface area contributed by atoms with Gasteiger partial charge < -0.3 is 14.2 Å². The lowest BCUT2D eigenvalue weighted by molar-refractivity contribution is -0.157. The Kier molecular flexibility index (Phi) is 7.02. The minimum Gasteiger partial charge on any atom is -0.464 e. The lowest BCUT2D eigenvalue weighted by atomic mass is 10.3. The summed E-state index contributed by atoms with van der Waals surface area (Å²) in [6.45, 7) is 3.95. The molecule has 21 heavy (non-hydrogen) atoms. The Bertz CT molecular complexity index is 441. The highest BCUT2D eigenvalue weighted by atomic mass is 32.2. The van der Waals surface area contributed by atoms with Crippen molar-refractivity contribution in [3.05, 3.63) is 0 Å². The summed E-state index contributed by atoms with van der Waals surface area (Å²) in [6, 6.07) is -1.71. The molecule has 0 atom stereocenters. The molecule has 1 fully saturated rings. The third-order valence-corrected chi connectivity index (χ3v) is 4.20. The summed E-state index contributed by atoms with van der Waals surface area (Å²) in [6.07, 6.45) is 0. The van der Waals surface area contributed by atoms with Gasteiger partial charge in [0.1, 0.15) is 0 Å². The third-order valence-electron chi connectivity index (χ3n) is 2.62. The molecule has 0 aromatic heterocycles. The zero-order valence-electron chi connectivity index (χ0n) is 12.0. The first-order valence-corrected chi connectivity index (χ1v) is 8.04. The van der Waals surface area contributed by atoms with Gasteiger partial charge in [0, 0.05) is 13.1 Å². The Morgan fingerprint density at radius 2 is 1.62 bits per heavy atom. The maximum atomic E-state index is 12.2. The first kappa shape index (κ1) is 17.8. The summed E-state index contributed by atoms with van der Waals surface area (Å²) in [5, 5.41) is 0. The highest BCUT2D eigenvalue weighted by molar-refractivity contribution is 7.87. The van der Waals surface area contributed by atoms with Gasteiger partial charge >= 0.3 is 11.9 Å². The van der Waals surface area contributed by atoms with Crippen LogP contribution in [0.25, 0.3) is 0 Å². The average Bonchev–Trinajstić information content (AvgIpc) is 2.46. The molecule has 10 heteroatoms. The van der Waals surface area contributed by atoms with Crippen molar-refractivity contribution < 1.29 is 32.2 Å². The number of morpholine rings is 1. The summed E-state index contributed by atoms with van der Waals surface area (Å²) in [5.41, 5.74) is 0. The SMILES string of the molecule is CCOC(=O)C(NS(=O)(=O)N1CCOCC1)C(=O)OCC. The molecule has 0 aromatic rings. The van der Waals surface area contributed by atoms with Crippen LogP contribution >= 0.6 is 0 Å². The van der Waals surface area contributed by atoms with Crippen LogP contribution in [0.5, 0.6) is 0 Å². The molecule has 1 N–H and O–H groups in total. The van der Waals surface area contributed by atoms with Gasteiger partial charge in [0.05, 0.1) is 26.4 Å². The van der Waals surface area contributed by atoms with E-state index >= 15 is 0 Å². The fourth-order valence-corrected chi connectivity index (χ4v) is 2.92. The zero-order chi connectivity index (χ0) is 15.9. The van der Waals surface area contributed by atoms with E-state index in [-0.39, 0.29) is 39.5 Å². The monoisotopic (exact) mass is 324 g/mol. The molecule has 122 valence electrons. The van der Waals surface area contributed by atoms with Crippen molar-refractivity contribution in [2.75, 3.05) is 39.5 Å². The van der Waals surface area contributed by atoms with Gasteiger partial charge in [0.2, 0.25) is 6.04 Å². The Morgan fingerprint density at radius 1 is 1.14 bits per heavy atom. The Morgan fingerprint density at radius 3 is 2.05 bits per heavy atom. The highest BCUT2D eigenvalue weighted by Crippen LogP contribution is 2.06. The molecule has 0 aromatic carbocycles. The van der Waals surface area contributed by atoms with E-state index in [1.807, 2.05) is 4.72 Å². The van der Waals surface area contributed by atoms with Crippen LogP contribution in [-0.4, -0.2) is 70.2 Å². The van der Waals surface area contributed by atoms with Crippen molar-refractivity contribution in [1.82, 2.24) is 9.03 Å². The summed E-state index contributed by atoms with van der Waals surface area (Å²) in [5.74, 6) is -1.99. The van der Waals surface area contributed by atoms with E-state index in [2.05, 4.69) is 0 Å². The first-order valence-electron chi connectivity index (χ1n) is 6.60. The number of hydrogen-bond acceptors (Lipinski definition) is 7. The Hall–Kier alpha value is -1.23. The second-order valence-corrected chi connectivity index (χ2v) is 5.77. The zero-order valence-corrected chi connectivity index (χ0v) is 12.8. The third kappa shape index (κ3) is 5.23. The minimum atomic E-state index is -4.01. The van der Waals surface area contributed by atoms with Crippen molar-refractivity contribution in [1.29, 1.82) is 0 Å². The fourth-order valence-electron chi connectivity index (χ4n) is 1.65. The predicted molar refractivity (Wildman–Crippen MR) is 71.5 cm³/mol. The normalized spacial score (nSPS) is 16.7. The summed E-state index contributed by atoms with van der Waals surface area (Å²) < 4.78 is 41.9. The molecule has 0 unspecified atom stereocenters. The number of carbonyl (C=O) groups is 2. The molecule has 0 aliphatic carbocycles. The van der Waals surface area contributed by atoms with E-state index in [0.717, 1.165) is 4.31 Å². The molecule has 1 aliphatic heterocycles. The minimum absolute atomic E-state index is 0.0218. The molecular weight excluding hydrogens is 304 g/mol. The van der Waals surface area contributed by atoms with Crippen LogP contribution in [0.4, 0.5) is 0 Å². The molecule has 1 aliphatic rings. The van der Waals surface area contributed by atoms with Gasteiger partial charge in [-0.2, -0.15) is 17.4 Å². The molecule has 1 rings (SSSR count). The molecule has 0 saturated carbocycles. The Labute approximate surface area is 123 Å². The van der Waals surface area contributed by atoms with Crippen molar-refractivity contribution in [2.45, 2.75) is 19.9 Å². The molecule has 9 nitrogen and oxygen atoms in total. The van der Waals surface area contributed by atoms with E-state index in [1.54, 1.807) is 13.8 Å². The van der Waals surface area contributed by atoms with E-state index in [4.69, 9.17) is 14.2 Å². The molecule has 0 radical (unpaired) electrons. The lowest BCUT2D eigenvalue weighted by Gasteiger charge is -2.27. The molecule has 0 bridgehead atoms. The number of nitrogens with one attached hydrogen (secondary N) is 1. The van der Waals surface area contributed by atoms with Gasteiger partial charge in [-0.05, 0) is 13.8 Å². The van der Waals surface area contributed by atoms with E-state index < -0.39 is 28.2 Å². The number of carbonyl (C=O) groups excluding carboxylic acids is 2. The fraction of sp³-hybridized carbons (Fsp3) is 0.818. The van der Waals surface area contributed by atoms with Crippen LogP contribution in [0, 0.1) is 0 Å². The number of esters is 2. The van der Waals surface area contributed by atoms with Crippen LogP contribution in [0.3, 0.4) is 0 Å². The van der Waals surface area contributed by atoms with Crippen LogP contribution in [0.15, 0.2) is 0 Å². The van der Waals surface area contributed by atoms with Crippen molar-refractivity contribution >= 4 is 22.1 Å². The lowest BCUT2D eigenvalue weighted by Crippen LogP contribution is -2.54. The van der Waals surface area contributed by atoms with E-state index in [1.165, 1.54) is 0 Å². The smallest absolute Gasteiger partial charge is 0.335 e. The number of ether oxygens (including phenoxy) is 3. The Balaban J connectivity index is 2.83. The maximum Gasteiger partial charge on any atom is 0.335 e. The van der Waals surface area contributed by atoms with Crippen molar-refractivity contribution in [2.24, 2.45) is 0 Å². The second kappa shape index (κ2) is 8.27. The van der Waals surface area contributed by atoms with E-state index in [9.17, 15) is 18.0 Å². The summed E-state index contributed by atoms with van der Waals surface area (Å²) >= 11 is 0. The predicted octanol–water partition coefficient (Wildman–Crippen LogP) is -1.35. The number of nitrogens with zero attached hydrogens (tertiary/aromatic N) is 1. The topological polar surface area (TPSA) is 111 Å². The van der Waals surface area contributed by atoms with Crippen LogP contribution in [0.1, 0.15) is 13.8 Å². The van der Waals surface area contributed by atoms with Crippen molar-refractivity contribution in [3.8, 4) is 0 Å². The standard InChI is InChI=1S/C11H20N2O7S/c1-3-19-10(14)9(11(15)20-4-2)12-21(16,17)13-5-7-18-8-6-13/h9,12H,3-8H2,1-2H3. The molecule has 0 amide bonds. The van der Waals surface area contributed by atoms with Gasteiger partial charge in [-0.15, -0.1) is 0 Å². The number of rotatable bonds is 7. The molecular formula is C11H20N2O7S. The van der Waals surface area contributed by atoms with Gasteiger partial charge in [-0.3, -0.25) is 0 Å². The number of hydrogen-bond donors (Lipinski definition) is 1. The molecule has 1 saturated heterocycles. The average molecular weight is 324 g/mol. The van der Waals surface area contributed by atoms with E-state index in [0.29, 0.717) is 0 Å². The van der Waals surface area contributed by atoms with Crippen LogP contribution < -0.4 is 4.72 Å². The summed E-state index contributed by atoms with van der Waals surface area (Å²) in [7, 11) is -4.01. The maximum absolute atomic E-state index is 12.2. The van der Waals surface area contributed by atoms with Crippen LogP contribution in [-0.2, 0) is 34.0 Å². The van der Waals surface area contributed by atoms with Gasteiger partial charge in [0.25, 0.3) is 10.2 Å². The van der Waals surface area contributed by atoms with Crippen LogP contribution in [0.2, 0.25) is 0 Å². The largest absolute Gasteiger partial charge is 0.464 e. The quantitative estimate of drug-likeness (QED) is 0.455.